The Hall–Kier alpha value is -1.10. The lowest BCUT2D eigenvalue weighted by Gasteiger charge is -2.09. The molecule has 0 bridgehead atoms. The van der Waals surface area contributed by atoms with Gasteiger partial charge in [-0.2, -0.15) is 0 Å². The second-order valence-electron chi connectivity index (χ2n) is 3.91. The molecule has 2 rings (SSSR count). The molecule has 1 aromatic rings. The van der Waals surface area contributed by atoms with E-state index in [1.54, 1.807) is 4.90 Å². The number of hydrogen-bond acceptors (Lipinski definition) is 4. The molecule has 82 valence electrons. The molecule has 1 aliphatic heterocycles. The molecule has 1 atom stereocenters. The van der Waals surface area contributed by atoms with Gasteiger partial charge in [0.15, 0.2) is 0 Å². The highest BCUT2D eigenvalue weighted by atomic mass is 32.1. The Morgan fingerprint density at radius 3 is 3.07 bits per heavy atom. The van der Waals surface area contributed by atoms with E-state index in [0.29, 0.717) is 24.1 Å². The van der Waals surface area contributed by atoms with Crippen LogP contribution in [-0.2, 0) is 4.79 Å². The quantitative estimate of drug-likeness (QED) is 0.780. The van der Waals surface area contributed by atoms with E-state index in [9.17, 15) is 4.79 Å². The number of aryl methyl sites for hydroxylation is 1. The van der Waals surface area contributed by atoms with E-state index in [2.05, 4.69) is 4.98 Å². The average Bonchev–Trinajstić information content (AvgIpc) is 2.72. The molecular formula is C10H14N2O2S. The number of thiazole rings is 1. The van der Waals surface area contributed by atoms with Gasteiger partial charge < -0.3 is 9.64 Å². The van der Waals surface area contributed by atoms with Gasteiger partial charge >= 0.3 is 0 Å². The van der Waals surface area contributed by atoms with Crippen LogP contribution in [0.2, 0.25) is 0 Å². The van der Waals surface area contributed by atoms with E-state index < -0.39 is 0 Å². The van der Waals surface area contributed by atoms with E-state index in [0.717, 1.165) is 12.2 Å². The smallest absolute Gasteiger partial charge is 0.273 e. The highest BCUT2D eigenvalue weighted by molar-refractivity contribution is 7.11. The summed E-state index contributed by atoms with van der Waals surface area (Å²) in [7, 11) is 1.83. The third-order valence-electron chi connectivity index (χ3n) is 2.46. The largest absolute Gasteiger partial charge is 0.470 e. The first-order chi connectivity index (χ1) is 7.15. The van der Waals surface area contributed by atoms with Crippen LogP contribution in [0.3, 0.4) is 0 Å². The summed E-state index contributed by atoms with van der Waals surface area (Å²) in [6.07, 6.45) is 0.598. The van der Waals surface area contributed by atoms with Crippen LogP contribution in [-0.4, -0.2) is 36.0 Å². The van der Waals surface area contributed by atoms with Gasteiger partial charge in [-0.3, -0.25) is 4.79 Å². The average molecular weight is 226 g/mol. The first-order valence-electron chi connectivity index (χ1n) is 4.94. The number of likely N-dealkylation sites (tertiary alicyclic amines) is 1. The van der Waals surface area contributed by atoms with E-state index in [4.69, 9.17) is 4.74 Å². The van der Waals surface area contributed by atoms with Crippen molar-refractivity contribution in [1.82, 2.24) is 9.88 Å². The third-order valence-corrected chi connectivity index (χ3v) is 3.33. The standard InChI is InChI=1S/C10H14N2O2S/c1-7-6-15-10(11-7)14-5-8-3-9(13)12(2)4-8/h6,8H,3-5H2,1-2H3. The number of aromatic nitrogens is 1. The summed E-state index contributed by atoms with van der Waals surface area (Å²) in [6, 6.07) is 0. The monoisotopic (exact) mass is 226 g/mol. The molecule has 5 heteroatoms. The highest BCUT2D eigenvalue weighted by Gasteiger charge is 2.27. The molecule has 0 radical (unpaired) electrons. The molecule has 0 aliphatic carbocycles. The lowest BCUT2D eigenvalue weighted by molar-refractivity contribution is -0.126. The van der Waals surface area contributed by atoms with Crippen LogP contribution in [0.4, 0.5) is 0 Å². The van der Waals surface area contributed by atoms with Crippen LogP contribution >= 0.6 is 11.3 Å². The van der Waals surface area contributed by atoms with Gasteiger partial charge in [0.1, 0.15) is 0 Å². The molecule has 1 aromatic heterocycles. The maximum atomic E-state index is 11.3. The molecule has 4 nitrogen and oxygen atoms in total. The molecule has 1 amide bonds. The molecule has 15 heavy (non-hydrogen) atoms. The fraction of sp³-hybridized carbons (Fsp3) is 0.600. The first kappa shape index (κ1) is 10.4. The van der Waals surface area contributed by atoms with Gasteiger partial charge in [0, 0.05) is 31.3 Å². The Morgan fingerprint density at radius 2 is 2.53 bits per heavy atom. The van der Waals surface area contributed by atoms with Crippen molar-refractivity contribution in [3.05, 3.63) is 11.1 Å². The summed E-state index contributed by atoms with van der Waals surface area (Å²) >= 11 is 1.50. The van der Waals surface area contributed by atoms with Gasteiger partial charge in [0.25, 0.3) is 5.19 Å². The number of carbonyl (C=O) groups excluding carboxylic acids is 1. The predicted octanol–water partition coefficient (Wildman–Crippen LogP) is 1.31. The lowest BCUT2D eigenvalue weighted by atomic mass is 10.1. The molecule has 0 saturated carbocycles. The minimum absolute atomic E-state index is 0.207. The minimum Gasteiger partial charge on any atom is -0.470 e. The van der Waals surface area contributed by atoms with Crippen LogP contribution in [0.15, 0.2) is 5.38 Å². The molecule has 1 unspecified atom stereocenters. The summed E-state index contributed by atoms with van der Waals surface area (Å²) in [6.45, 7) is 3.32. The van der Waals surface area contributed by atoms with E-state index in [-0.39, 0.29) is 5.91 Å². The van der Waals surface area contributed by atoms with Gasteiger partial charge in [-0.15, -0.1) is 0 Å². The van der Waals surface area contributed by atoms with E-state index in [1.165, 1.54) is 11.3 Å². The molecule has 2 heterocycles. The number of hydrogen-bond donors (Lipinski definition) is 0. The Bertz CT molecular complexity index is 364. The number of nitrogens with zero attached hydrogens (tertiary/aromatic N) is 2. The molecule has 1 aliphatic rings. The van der Waals surface area contributed by atoms with Crippen molar-refractivity contribution in [3.63, 3.8) is 0 Å². The van der Waals surface area contributed by atoms with Crippen molar-refractivity contribution in [2.45, 2.75) is 13.3 Å². The maximum Gasteiger partial charge on any atom is 0.273 e. The van der Waals surface area contributed by atoms with Crippen molar-refractivity contribution in [2.24, 2.45) is 5.92 Å². The number of amides is 1. The molecule has 0 aromatic carbocycles. The SMILES string of the molecule is Cc1csc(OCC2CC(=O)N(C)C2)n1. The number of ether oxygens (including phenoxy) is 1. The van der Waals surface area contributed by atoms with Crippen LogP contribution < -0.4 is 4.74 Å². The van der Waals surface area contributed by atoms with Crippen molar-refractivity contribution in [3.8, 4) is 5.19 Å². The Kier molecular flexibility index (Phi) is 2.90. The predicted molar refractivity (Wildman–Crippen MR) is 58.1 cm³/mol. The number of carbonyl (C=O) groups is 1. The topological polar surface area (TPSA) is 42.4 Å². The molecule has 0 N–H and O–H groups in total. The van der Waals surface area contributed by atoms with Crippen molar-refractivity contribution in [1.29, 1.82) is 0 Å². The summed E-state index contributed by atoms with van der Waals surface area (Å²) in [5.41, 5.74) is 0.981. The lowest BCUT2D eigenvalue weighted by Crippen LogP contribution is -2.20. The van der Waals surface area contributed by atoms with Crippen molar-refractivity contribution < 1.29 is 9.53 Å². The normalized spacial score (nSPS) is 21.1. The zero-order valence-corrected chi connectivity index (χ0v) is 9.71. The summed E-state index contributed by atoms with van der Waals surface area (Å²) < 4.78 is 5.54. The maximum absolute atomic E-state index is 11.3. The second kappa shape index (κ2) is 4.18. The van der Waals surface area contributed by atoms with Crippen LogP contribution in [0.25, 0.3) is 0 Å². The third kappa shape index (κ3) is 2.47. The van der Waals surface area contributed by atoms with Crippen LogP contribution in [0.1, 0.15) is 12.1 Å². The van der Waals surface area contributed by atoms with E-state index in [1.807, 2.05) is 19.4 Å². The minimum atomic E-state index is 0.207. The zero-order valence-electron chi connectivity index (χ0n) is 8.90. The number of rotatable bonds is 3. The molecule has 1 saturated heterocycles. The van der Waals surface area contributed by atoms with Gasteiger partial charge in [0.05, 0.1) is 12.3 Å². The summed E-state index contributed by atoms with van der Waals surface area (Å²) in [5.74, 6) is 0.519. The van der Waals surface area contributed by atoms with Gasteiger partial charge in [-0.05, 0) is 6.92 Å². The van der Waals surface area contributed by atoms with Gasteiger partial charge in [-0.1, -0.05) is 11.3 Å². The molecular weight excluding hydrogens is 212 g/mol. The Labute approximate surface area is 92.9 Å². The van der Waals surface area contributed by atoms with Gasteiger partial charge in [-0.25, -0.2) is 4.98 Å². The summed E-state index contributed by atoms with van der Waals surface area (Å²) in [4.78, 5) is 17.2. The fourth-order valence-electron chi connectivity index (χ4n) is 1.66. The summed E-state index contributed by atoms with van der Waals surface area (Å²) in [5, 5.41) is 2.66. The second-order valence-corrected chi connectivity index (χ2v) is 4.73. The van der Waals surface area contributed by atoms with Crippen molar-refractivity contribution in [2.75, 3.05) is 20.2 Å². The van der Waals surface area contributed by atoms with Crippen molar-refractivity contribution >= 4 is 17.2 Å². The van der Waals surface area contributed by atoms with E-state index >= 15 is 0 Å². The highest BCUT2D eigenvalue weighted by Crippen LogP contribution is 2.21. The Balaban J connectivity index is 1.82. The fourth-order valence-corrected chi connectivity index (χ4v) is 2.31. The van der Waals surface area contributed by atoms with Gasteiger partial charge in [0.2, 0.25) is 5.91 Å². The first-order valence-corrected chi connectivity index (χ1v) is 5.82. The molecule has 1 fully saturated rings. The zero-order chi connectivity index (χ0) is 10.8. The molecule has 0 spiro atoms. The Morgan fingerprint density at radius 1 is 1.73 bits per heavy atom. The van der Waals surface area contributed by atoms with Crippen LogP contribution in [0, 0.1) is 12.8 Å². The van der Waals surface area contributed by atoms with Crippen LogP contribution in [0.5, 0.6) is 5.19 Å².